The molecular weight excluding hydrogens is 226 g/mol. The normalized spacial score (nSPS) is 26.2. The van der Waals surface area contributed by atoms with Crippen molar-refractivity contribution in [2.24, 2.45) is 11.7 Å². The Balaban J connectivity index is 1.85. The fraction of sp³-hybridized carbons (Fsp3) is 0.857. The summed E-state index contributed by atoms with van der Waals surface area (Å²) in [7, 11) is 0. The molecule has 2 N–H and O–H groups in total. The van der Waals surface area contributed by atoms with Crippen molar-refractivity contribution in [1.82, 2.24) is 10.1 Å². The summed E-state index contributed by atoms with van der Waals surface area (Å²) in [6.07, 6.45) is 9.05. The van der Waals surface area contributed by atoms with E-state index >= 15 is 0 Å². The Bertz CT molecular complexity index is 354. The van der Waals surface area contributed by atoms with Crippen molar-refractivity contribution in [3.05, 3.63) is 11.7 Å². The summed E-state index contributed by atoms with van der Waals surface area (Å²) >= 11 is 0. The van der Waals surface area contributed by atoms with E-state index in [0.29, 0.717) is 11.7 Å². The number of nitrogens with zero attached hydrogens (tertiary/aromatic N) is 2. The SMILES string of the molecule is CCCCC1CCC(c2nc(C(C)N)no2)CC1. The van der Waals surface area contributed by atoms with E-state index in [1.54, 1.807) is 0 Å². The second-order valence-electron chi connectivity index (χ2n) is 5.64. The molecule has 1 aliphatic carbocycles. The van der Waals surface area contributed by atoms with Crippen molar-refractivity contribution >= 4 is 0 Å². The van der Waals surface area contributed by atoms with Crippen LogP contribution in [0.3, 0.4) is 0 Å². The van der Waals surface area contributed by atoms with Crippen LogP contribution in [0, 0.1) is 5.92 Å². The van der Waals surface area contributed by atoms with Crippen LogP contribution < -0.4 is 5.73 Å². The Kier molecular flexibility index (Phi) is 4.75. The van der Waals surface area contributed by atoms with Crippen molar-refractivity contribution in [3.63, 3.8) is 0 Å². The summed E-state index contributed by atoms with van der Waals surface area (Å²) in [6.45, 7) is 4.15. The van der Waals surface area contributed by atoms with Gasteiger partial charge in [0.25, 0.3) is 0 Å². The van der Waals surface area contributed by atoms with Gasteiger partial charge in [-0.15, -0.1) is 0 Å². The van der Waals surface area contributed by atoms with Crippen LogP contribution in [0.2, 0.25) is 0 Å². The highest BCUT2D eigenvalue weighted by Crippen LogP contribution is 2.37. The fourth-order valence-corrected chi connectivity index (χ4v) is 2.79. The summed E-state index contributed by atoms with van der Waals surface area (Å²) in [5.41, 5.74) is 5.75. The maximum absolute atomic E-state index is 5.75. The van der Waals surface area contributed by atoms with Gasteiger partial charge >= 0.3 is 0 Å². The lowest BCUT2D eigenvalue weighted by Gasteiger charge is -2.26. The molecule has 1 aromatic heterocycles. The third-order valence-electron chi connectivity index (χ3n) is 4.03. The standard InChI is InChI=1S/C14H25N3O/c1-3-4-5-11-6-8-12(9-7-11)14-16-13(10(2)15)17-18-14/h10-12H,3-9,15H2,1-2H3. The first-order valence-electron chi connectivity index (χ1n) is 7.29. The minimum atomic E-state index is -0.136. The van der Waals surface area contributed by atoms with E-state index in [4.69, 9.17) is 10.3 Å². The minimum absolute atomic E-state index is 0.136. The zero-order valence-electron chi connectivity index (χ0n) is 11.6. The average Bonchev–Trinajstić information content (AvgIpc) is 2.87. The average molecular weight is 251 g/mol. The van der Waals surface area contributed by atoms with Crippen LogP contribution in [0.5, 0.6) is 0 Å². The molecule has 102 valence electrons. The molecule has 0 radical (unpaired) electrons. The van der Waals surface area contributed by atoms with Gasteiger partial charge in [-0.3, -0.25) is 0 Å². The van der Waals surface area contributed by atoms with Crippen LogP contribution in [-0.2, 0) is 0 Å². The third kappa shape index (κ3) is 3.31. The quantitative estimate of drug-likeness (QED) is 0.869. The van der Waals surface area contributed by atoms with Gasteiger partial charge in [0.15, 0.2) is 5.82 Å². The fourth-order valence-electron chi connectivity index (χ4n) is 2.79. The molecule has 1 heterocycles. The smallest absolute Gasteiger partial charge is 0.229 e. The molecule has 2 rings (SSSR count). The Hall–Kier alpha value is -0.900. The Morgan fingerprint density at radius 1 is 1.33 bits per heavy atom. The first-order valence-corrected chi connectivity index (χ1v) is 7.29. The molecule has 0 aliphatic heterocycles. The summed E-state index contributed by atoms with van der Waals surface area (Å²) in [4.78, 5) is 4.42. The maximum Gasteiger partial charge on any atom is 0.229 e. The van der Waals surface area contributed by atoms with E-state index in [2.05, 4.69) is 17.1 Å². The molecule has 1 aliphatic rings. The van der Waals surface area contributed by atoms with Crippen molar-refractivity contribution in [2.45, 2.75) is 70.8 Å². The zero-order valence-corrected chi connectivity index (χ0v) is 11.6. The van der Waals surface area contributed by atoms with Gasteiger partial charge in [0, 0.05) is 5.92 Å². The van der Waals surface area contributed by atoms with E-state index in [1.165, 1.54) is 44.9 Å². The predicted molar refractivity (Wildman–Crippen MR) is 71.1 cm³/mol. The Labute approximate surface area is 109 Å². The molecule has 18 heavy (non-hydrogen) atoms. The molecular formula is C14H25N3O. The summed E-state index contributed by atoms with van der Waals surface area (Å²) < 4.78 is 5.34. The van der Waals surface area contributed by atoms with Crippen molar-refractivity contribution in [2.75, 3.05) is 0 Å². The molecule has 1 atom stereocenters. The molecule has 0 aromatic carbocycles. The van der Waals surface area contributed by atoms with Crippen LogP contribution in [0.1, 0.15) is 82.5 Å². The van der Waals surface area contributed by atoms with E-state index in [1.807, 2.05) is 6.92 Å². The van der Waals surface area contributed by atoms with Gasteiger partial charge in [-0.05, 0) is 38.5 Å². The minimum Gasteiger partial charge on any atom is -0.339 e. The molecule has 0 spiro atoms. The van der Waals surface area contributed by atoms with Crippen molar-refractivity contribution in [1.29, 1.82) is 0 Å². The second-order valence-corrected chi connectivity index (χ2v) is 5.64. The molecule has 0 saturated heterocycles. The molecule has 1 saturated carbocycles. The molecule has 1 unspecified atom stereocenters. The summed E-state index contributed by atoms with van der Waals surface area (Å²) in [5.74, 6) is 2.81. The summed E-state index contributed by atoms with van der Waals surface area (Å²) in [6, 6.07) is -0.136. The molecule has 4 nitrogen and oxygen atoms in total. The largest absolute Gasteiger partial charge is 0.339 e. The highest BCUT2D eigenvalue weighted by Gasteiger charge is 2.26. The molecule has 1 fully saturated rings. The molecule has 1 aromatic rings. The molecule has 4 heteroatoms. The number of aromatic nitrogens is 2. The van der Waals surface area contributed by atoms with E-state index in [-0.39, 0.29) is 6.04 Å². The topological polar surface area (TPSA) is 64.9 Å². The van der Waals surface area contributed by atoms with Crippen LogP contribution in [0.15, 0.2) is 4.52 Å². The lowest BCUT2D eigenvalue weighted by molar-refractivity contribution is 0.259. The molecule has 0 bridgehead atoms. The Morgan fingerprint density at radius 2 is 2.06 bits per heavy atom. The van der Waals surface area contributed by atoms with Gasteiger partial charge < -0.3 is 10.3 Å². The lowest BCUT2D eigenvalue weighted by atomic mass is 9.80. The van der Waals surface area contributed by atoms with Crippen LogP contribution in [0.25, 0.3) is 0 Å². The first-order chi connectivity index (χ1) is 8.70. The summed E-state index contributed by atoms with van der Waals surface area (Å²) in [5, 5.41) is 3.95. The van der Waals surface area contributed by atoms with Gasteiger partial charge in [-0.25, -0.2) is 0 Å². The van der Waals surface area contributed by atoms with E-state index < -0.39 is 0 Å². The number of hydrogen-bond donors (Lipinski definition) is 1. The van der Waals surface area contributed by atoms with Gasteiger partial charge in [0.05, 0.1) is 6.04 Å². The van der Waals surface area contributed by atoms with Crippen LogP contribution >= 0.6 is 0 Å². The van der Waals surface area contributed by atoms with Crippen molar-refractivity contribution < 1.29 is 4.52 Å². The number of nitrogens with two attached hydrogens (primary N) is 1. The molecule has 0 amide bonds. The number of unbranched alkanes of at least 4 members (excludes halogenated alkanes) is 1. The van der Waals surface area contributed by atoms with E-state index in [9.17, 15) is 0 Å². The first kappa shape index (κ1) is 13.5. The Morgan fingerprint density at radius 3 is 2.61 bits per heavy atom. The number of hydrogen-bond acceptors (Lipinski definition) is 4. The highest BCUT2D eigenvalue weighted by molar-refractivity contribution is 4.98. The van der Waals surface area contributed by atoms with E-state index in [0.717, 1.165) is 11.8 Å². The van der Waals surface area contributed by atoms with Gasteiger partial charge in [0.2, 0.25) is 5.89 Å². The zero-order chi connectivity index (χ0) is 13.0. The monoisotopic (exact) mass is 251 g/mol. The highest BCUT2D eigenvalue weighted by atomic mass is 16.5. The second kappa shape index (κ2) is 6.32. The maximum atomic E-state index is 5.75. The predicted octanol–water partition coefficient (Wildman–Crippen LogP) is 3.55. The lowest BCUT2D eigenvalue weighted by Crippen LogP contribution is -2.14. The van der Waals surface area contributed by atoms with Crippen molar-refractivity contribution in [3.8, 4) is 0 Å². The van der Waals surface area contributed by atoms with Crippen LogP contribution in [-0.4, -0.2) is 10.1 Å². The third-order valence-corrected chi connectivity index (χ3v) is 4.03. The van der Waals surface area contributed by atoms with Crippen LogP contribution in [0.4, 0.5) is 0 Å². The number of rotatable bonds is 5. The van der Waals surface area contributed by atoms with Gasteiger partial charge in [-0.1, -0.05) is 31.3 Å². The van der Waals surface area contributed by atoms with Gasteiger partial charge in [-0.2, -0.15) is 4.98 Å². The van der Waals surface area contributed by atoms with Gasteiger partial charge in [0.1, 0.15) is 0 Å².